The number of fused-ring (bicyclic) bond motifs is 2. The van der Waals surface area contributed by atoms with Crippen LogP contribution in [0.4, 0.5) is 23.4 Å². The van der Waals surface area contributed by atoms with Gasteiger partial charge in [-0.25, -0.2) is 18.7 Å². The van der Waals surface area contributed by atoms with Crippen molar-refractivity contribution in [3.05, 3.63) is 27.0 Å². The normalized spacial score (nSPS) is 30.4. The van der Waals surface area contributed by atoms with E-state index < -0.39 is 96.9 Å². The Balaban J connectivity index is 1.05. The lowest BCUT2D eigenvalue weighted by Crippen LogP contribution is -2.38. The summed E-state index contributed by atoms with van der Waals surface area (Å²) in [6.07, 6.45) is -11.2. The van der Waals surface area contributed by atoms with Gasteiger partial charge in [0.15, 0.2) is 23.5 Å². The van der Waals surface area contributed by atoms with Gasteiger partial charge in [-0.15, -0.1) is 4.58 Å². The van der Waals surface area contributed by atoms with Crippen LogP contribution < -0.4 is 22.6 Å². The monoisotopic (exact) mass is 816 g/mol. The molecule has 6 heterocycles. The van der Waals surface area contributed by atoms with Gasteiger partial charge < -0.3 is 55.7 Å². The Labute approximate surface area is 293 Å². The highest BCUT2D eigenvalue weighted by molar-refractivity contribution is 7.66. The molecule has 2 fully saturated rings. The first-order valence-electron chi connectivity index (χ1n) is 14.7. The number of nitrogens with one attached hydrogen (secondary N) is 2. The minimum Gasteiger partial charge on any atom is -0.387 e. The predicted octanol–water partition coefficient (Wildman–Crippen LogP) is -3.74. The third kappa shape index (κ3) is 7.82. The number of imidazole rings is 1. The van der Waals surface area contributed by atoms with E-state index in [1.54, 1.807) is 0 Å². The fourth-order valence-corrected chi connectivity index (χ4v) is 9.14. The fourth-order valence-electron chi connectivity index (χ4n) is 5.62. The van der Waals surface area contributed by atoms with Crippen LogP contribution in [0.5, 0.6) is 0 Å². The number of hydrogen-bond donors (Lipinski definition) is 10. The molecule has 28 nitrogen and oxygen atoms in total. The van der Waals surface area contributed by atoms with Gasteiger partial charge in [0.2, 0.25) is 5.95 Å². The van der Waals surface area contributed by atoms with Crippen LogP contribution in [0.15, 0.2) is 15.9 Å². The first-order valence-corrected chi connectivity index (χ1v) is 19.2. The molecule has 3 aliphatic heterocycles. The van der Waals surface area contributed by atoms with Gasteiger partial charge in [-0.2, -0.15) is 13.6 Å². The summed E-state index contributed by atoms with van der Waals surface area (Å²) in [6.45, 7) is -2.04. The predicted molar refractivity (Wildman–Crippen MR) is 168 cm³/mol. The number of nitrogens with zero attached hydrogens (tertiary/aromatic N) is 6. The summed E-state index contributed by atoms with van der Waals surface area (Å²) in [5.74, 6) is -0.628. The zero-order valence-corrected chi connectivity index (χ0v) is 29.6. The quantitative estimate of drug-likeness (QED) is 0.0585. The molecule has 31 heteroatoms. The van der Waals surface area contributed by atoms with Gasteiger partial charge >= 0.3 is 52.5 Å². The van der Waals surface area contributed by atoms with Crippen molar-refractivity contribution in [3.63, 3.8) is 0 Å². The average Bonchev–Trinajstić information content (AvgIpc) is 3.76. The highest BCUT2D eigenvalue weighted by Gasteiger charge is 2.55. The number of aliphatic hydroxyl groups is 3. The molecule has 11 atom stereocenters. The van der Waals surface area contributed by atoms with Crippen molar-refractivity contribution in [2.45, 2.75) is 49.1 Å². The number of aromatic nitrogens is 6. The van der Waals surface area contributed by atoms with Gasteiger partial charge in [0, 0.05) is 7.11 Å². The van der Waals surface area contributed by atoms with Crippen LogP contribution in [0.1, 0.15) is 6.23 Å². The summed E-state index contributed by atoms with van der Waals surface area (Å²) < 4.78 is 75.0. The second kappa shape index (κ2) is 14.2. The Morgan fingerprint density at radius 1 is 0.906 bits per heavy atom. The van der Waals surface area contributed by atoms with Crippen LogP contribution in [0.25, 0.3) is 11.2 Å². The maximum absolute atomic E-state index is 12.6. The maximum atomic E-state index is 12.6. The molecule has 12 N–H and O–H groups in total. The number of phosphoric acid groups is 3. The SMILES string of the molecule is COC1C(O)[C@H]([N+]2=C=[N+](C)c3c2nc(N)[nH]c3=O)O[C@@H]1COP(=O)(O)OP(=O)(O)OP(=O)(O)OC[C@H]1O[C@@H](n2cnc3c(=O)[nH]c(N)nc32)C(O)C1O. The molecule has 3 aromatic heterocycles. The second-order valence-electron chi connectivity index (χ2n) is 11.4. The van der Waals surface area contributed by atoms with Crippen LogP contribution >= 0.6 is 23.5 Å². The maximum Gasteiger partial charge on any atom is 0.490 e. The van der Waals surface area contributed by atoms with E-state index in [4.69, 9.17) is 30.2 Å². The van der Waals surface area contributed by atoms with Gasteiger partial charge in [0.1, 0.15) is 37.6 Å². The molecule has 0 bridgehead atoms. The third-order valence-corrected chi connectivity index (χ3v) is 12.1. The molecule has 53 heavy (non-hydrogen) atoms. The number of nitrogen functional groups attached to an aromatic ring is 2. The number of anilines is 2. The topological polar surface area (TPSA) is 405 Å². The number of hydrogen-bond acceptors (Lipinski definition) is 20. The standard InChI is InChI=1S/C22H29N10O18P3/c1-30-6-32(16-10(30)18(37)29-22(24)27-16)20-13(35)14(44-2)8(48-20)4-46-52(40,41)50-53(42,43)49-51(38,39)45-3-7-11(33)12(34)19(47-7)31-5-25-9-15(31)26-21(23)28-17(9)36/h5,7-8,11-14,19-20,33-35H,3-4H2,1-2H3,(H7-2,23,24,26,27,28,29,36,37,38,39,40,41,42,43)/p+2/t7-,8-,11?,12?,13?,14?,19-,20-/m1/s1. The lowest BCUT2D eigenvalue weighted by atomic mass is 10.1. The zero-order valence-electron chi connectivity index (χ0n) is 26.9. The lowest BCUT2D eigenvalue weighted by Gasteiger charge is -2.21. The van der Waals surface area contributed by atoms with E-state index in [1.807, 2.05) is 0 Å². The number of nitrogens with two attached hydrogens (primary N) is 2. The van der Waals surface area contributed by atoms with E-state index >= 15 is 0 Å². The average molecular weight is 816 g/mol. The number of aromatic amines is 2. The van der Waals surface area contributed by atoms with Crippen molar-refractivity contribution in [1.29, 1.82) is 0 Å². The van der Waals surface area contributed by atoms with E-state index in [2.05, 4.69) is 44.1 Å². The molecular weight excluding hydrogens is 785 g/mol. The van der Waals surface area contributed by atoms with Crippen LogP contribution in [-0.2, 0) is 45.6 Å². The third-order valence-electron chi connectivity index (χ3n) is 7.83. The minimum absolute atomic E-state index is 0.0000824. The first kappa shape index (κ1) is 39.1. The fraction of sp³-hybridized carbons (Fsp3) is 0.545. The lowest BCUT2D eigenvalue weighted by molar-refractivity contribution is -0.552. The largest absolute Gasteiger partial charge is 0.490 e. The van der Waals surface area contributed by atoms with E-state index in [0.29, 0.717) is 0 Å². The van der Waals surface area contributed by atoms with Gasteiger partial charge in [-0.3, -0.25) is 33.2 Å². The molecule has 7 unspecified atom stereocenters. The smallest absolute Gasteiger partial charge is 0.387 e. The highest BCUT2D eigenvalue weighted by atomic mass is 31.3. The van der Waals surface area contributed by atoms with Crippen LogP contribution in [0.3, 0.4) is 0 Å². The summed E-state index contributed by atoms with van der Waals surface area (Å²) >= 11 is 0. The van der Waals surface area contributed by atoms with Gasteiger partial charge in [-0.05, 0) is 0 Å². The molecule has 0 spiro atoms. The van der Waals surface area contributed by atoms with Crippen molar-refractivity contribution in [3.8, 4) is 0 Å². The molecule has 0 saturated carbocycles. The minimum atomic E-state index is -5.98. The van der Waals surface area contributed by atoms with Crippen molar-refractivity contribution in [2.75, 3.05) is 38.8 Å². The number of rotatable bonds is 13. The van der Waals surface area contributed by atoms with E-state index in [9.17, 15) is 53.3 Å². The molecule has 2 saturated heterocycles. The summed E-state index contributed by atoms with van der Waals surface area (Å²) in [5.41, 5.74) is 9.50. The molecule has 3 aromatic rings. The van der Waals surface area contributed by atoms with Gasteiger partial charge in [-0.1, -0.05) is 4.58 Å². The van der Waals surface area contributed by atoms with Crippen LogP contribution in [0, 0.1) is 0 Å². The molecule has 0 radical (unpaired) electrons. The summed E-state index contributed by atoms with van der Waals surface area (Å²) in [4.78, 5) is 71.0. The van der Waals surface area contributed by atoms with E-state index in [0.717, 1.165) is 22.6 Å². The van der Waals surface area contributed by atoms with Crippen molar-refractivity contribution >= 4 is 64.0 Å². The highest BCUT2D eigenvalue weighted by Crippen LogP contribution is 2.67. The van der Waals surface area contributed by atoms with Crippen molar-refractivity contribution in [2.24, 2.45) is 0 Å². The molecule has 3 aliphatic rings. The summed E-state index contributed by atoms with van der Waals surface area (Å²) in [7, 11) is -14.7. The molecular formula is C22H31N10O18P3+2. The Morgan fingerprint density at radius 3 is 2.15 bits per heavy atom. The van der Waals surface area contributed by atoms with Gasteiger partial charge in [0.05, 0.1) is 24.5 Å². The van der Waals surface area contributed by atoms with Crippen LogP contribution in [0.2, 0.25) is 0 Å². The molecule has 0 amide bonds. The number of ether oxygens (including phenoxy) is 3. The van der Waals surface area contributed by atoms with E-state index in [-0.39, 0.29) is 34.6 Å². The Kier molecular flexibility index (Phi) is 10.5. The second-order valence-corrected chi connectivity index (χ2v) is 16.0. The Bertz CT molecular complexity index is 2280. The Hall–Kier alpha value is -3.62. The van der Waals surface area contributed by atoms with Crippen molar-refractivity contribution < 1.29 is 84.7 Å². The zero-order chi connectivity index (χ0) is 38.8. The molecule has 0 aromatic carbocycles. The molecule has 0 aliphatic carbocycles. The number of H-pyrrole nitrogens is 2. The summed E-state index contributed by atoms with van der Waals surface area (Å²) in [5, 5.41) is 31.9. The number of phosphoric ester groups is 2. The van der Waals surface area contributed by atoms with Crippen molar-refractivity contribution in [1.82, 2.24) is 29.5 Å². The van der Waals surface area contributed by atoms with E-state index in [1.165, 1.54) is 11.6 Å². The molecule has 290 valence electrons. The summed E-state index contributed by atoms with van der Waals surface area (Å²) in [6, 6.07) is 2.72. The molecule has 6 rings (SSSR count). The first-order chi connectivity index (χ1) is 24.7. The number of methoxy groups -OCH3 is 1. The van der Waals surface area contributed by atoms with Gasteiger partial charge in [0.25, 0.3) is 11.8 Å². The van der Waals surface area contributed by atoms with Crippen LogP contribution in [-0.4, -0.2) is 145 Å². The number of aliphatic hydroxyl groups excluding tert-OH is 3. The Morgan fingerprint density at radius 2 is 1.51 bits per heavy atom.